The number of hydrogen-bond donors (Lipinski definition) is 0. The van der Waals surface area contributed by atoms with Crippen LogP contribution in [0, 0.1) is 13.8 Å². The number of piperazine rings is 1. The van der Waals surface area contributed by atoms with Crippen molar-refractivity contribution in [1.29, 1.82) is 0 Å². The summed E-state index contributed by atoms with van der Waals surface area (Å²) in [7, 11) is 0. The number of carbonyl (C=O) groups excluding carboxylic acids is 1. The van der Waals surface area contributed by atoms with Gasteiger partial charge >= 0.3 is 0 Å². The number of amides is 1. The van der Waals surface area contributed by atoms with Crippen molar-refractivity contribution in [1.82, 2.24) is 4.90 Å². The molecule has 2 aromatic rings. The molecular weight excluding hydrogens is 320 g/mol. The molecule has 126 valence electrons. The Balaban J connectivity index is 1.77. The normalized spacial score (nSPS) is 18.9. The van der Waals surface area contributed by atoms with Crippen LogP contribution in [0.2, 0.25) is 5.02 Å². The molecule has 4 heteroatoms. The molecule has 1 aliphatic rings. The van der Waals surface area contributed by atoms with Gasteiger partial charge in [-0.3, -0.25) is 9.69 Å². The summed E-state index contributed by atoms with van der Waals surface area (Å²) in [5.74, 6) is 0.138. The van der Waals surface area contributed by atoms with E-state index in [0.29, 0.717) is 11.6 Å². The van der Waals surface area contributed by atoms with Crippen molar-refractivity contribution >= 4 is 23.2 Å². The molecule has 0 N–H and O–H groups in total. The summed E-state index contributed by atoms with van der Waals surface area (Å²) in [5, 5.41) is 0.665. The highest BCUT2D eigenvalue weighted by atomic mass is 35.5. The van der Waals surface area contributed by atoms with Crippen molar-refractivity contribution in [3.63, 3.8) is 0 Å². The van der Waals surface area contributed by atoms with E-state index in [-0.39, 0.29) is 11.9 Å². The van der Waals surface area contributed by atoms with E-state index < -0.39 is 0 Å². The molecule has 0 spiro atoms. The molecule has 1 saturated heterocycles. The fourth-order valence-corrected chi connectivity index (χ4v) is 3.45. The Bertz CT molecular complexity index is 759. The highest BCUT2D eigenvalue weighted by Crippen LogP contribution is 2.27. The Morgan fingerprint density at radius 2 is 1.92 bits per heavy atom. The van der Waals surface area contributed by atoms with Crippen LogP contribution in [0.5, 0.6) is 0 Å². The van der Waals surface area contributed by atoms with E-state index in [1.165, 1.54) is 11.1 Å². The quantitative estimate of drug-likeness (QED) is 0.834. The van der Waals surface area contributed by atoms with Crippen molar-refractivity contribution in [3.05, 3.63) is 64.2 Å². The number of nitrogens with zero attached hydrogens (tertiary/aromatic N) is 2. The standard InChI is InChI=1S/C20H23ClN2O/c1-14-5-4-6-17(11-14)13-22-9-10-23(20(24)16(22)3)19-12-18(21)8-7-15(19)2/h4-8,11-12,16H,9-10,13H2,1-3H3/t16-/m1/s1. The van der Waals surface area contributed by atoms with Gasteiger partial charge in [0.15, 0.2) is 0 Å². The van der Waals surface area contributed by atoms with Gasteiger partial charge in [0, 0.05) is 30.3 Å². The summed E-state index contributed by atoms with van der Waals surface area (Å²) in [4.78, 5) is 17.0. The summed E-state index contributed by atoms with van der Waals surface area (Å²) >= 11 is 6.12. The summed E-state index contributed by atoms with van der Waals surface area (Å²) < 4.78 is 0. The van der Waals surface area contributed by atoms with Gasteiger partial charge in [-0.1, -0.05) is 47.5 Å². The number of anilines is 1. The van der Waals surface area contributed by atoms with Gasteiger partial charge in [0.2, 0.25) is 5.91 Å². The minimum absolute atomic E-state index is 0.138. The Morgan fingerprint density at radius 1 is 1.12 bits per heavy atom. The Labute approximate surface area is 148 Å². The number of rotatable bonds is 3. The van der Waals surface area contributed by atoms with E-state index in [4.69, 9.17) is 11.6 Å². The average molecular weight is 343 g/mol. The third-order valence-electron chi connectivity index (χ3n) is 4.71. The summed E-state index contributed by atoms with van der Waals surface area (Å²) in [6, 6.07) is 14.1. The van der Waals surface area contributed by atoms with Crippen LogP contribution in [0.15, 0.2) is 42.5 Å². The molecule has 1 aliphatic heterocycles. The van der Waals surface area contributed by atoms with Crippen LogP contribution in [-0.2, 0) is 11.3 Å². The number of aryl methyl sites for hydroxylation is 2. The Hall–Kier alpha value is -1.84. The van der Waals surface area contributed by atoms with Gasteiger partial charge in [-0.2, -0.15) is 0 Å². The minimum Gasteiger partial charge on any atom is -0.309 e. The first-order valence-corrected chi connectivity index (χ1v) is 8.70. The molecule has 3 rings (SSSR count). The van der Waals surface area contributed by atoms with E-state index in [1.54, 1.807) is 0 Å². The van der Waals surface area contributed by atoms with Crippen molar-refractivity contribution in [2.45, 2.75) is 33.4 Å². The molecule has 0 saturated carbocycles. The SMILES string of the molecule is Cc1cccc(CN2CCN(c3cc(Cl)ccc3C)C(=O)[C@H]2C)c1. The molecule has 1 atom stereocenters. The second kappa shape index (κ2) is 6.96. The second-order valence-electron chi connectivity index (χ2n) is 6.56. The maximum atomic E-state index is 12.9. The van der Waals surface area contributed by atoms with Crippen molar-refractivity contribution in [3.8, 4) is 0 Å². The third kappa shape index (κ3) is 3.47. The average Bonchev–Trinajstić information content (AvgIpc) is 2.55. The van der Waals surface area contributed by atoms with E-state index in [1.807, 2.05) is 36.9 Å². The van der Waals surface area contributed by atoms with E-state index in [0.717, 1.165) is 24.3 Å². The van der Waals surface area contributed by atoms with Crippen LogP contribution in [0.3, 0.4) is 0 Å². The molecule has 0 aromatic heterocycles. The molecule has 1 heterocycles. The third-order valence-corrected chi connectivity index (χ3v) is 4.95. The smallest absolute Gasteiger partial charge is 0.244 e. The zero-order valence-electron chi connectivity index (χ0n) is 14.4. The maximum Gasteiger partial charge on any atom is 0.244 e. The van der Waals surface area contributed by atoms with E-state index in [9.17, 15) is 4.79 Å². The predicted octanol–water partition coefficient (Wildman–Crippen LogP) is 4.19. The maximum absolute atomic E-state index is 12.9. The van der Waals surface area contributed by atoms with E-state index in [2.05, 4.69) is 36.1 Å². The van der Waals surface area contributed by atoms with Crippen LogP contribution in [0.4, 0.5) is 5.69 Å². The van der Waals surface area contributed by atoms with Crippen molar-refractivity contribution < 1.29 is 4.79 Å². The summed E-state index contributed by atoms with van der Waals surface area (Å²) in [6.07, 6.45) is 0. The van der Waals surface area contributed by atoms with Gasteiger partial charge in [0.1, 0.15) is 0 Å². The van der Waals surface area contributed by atoms with Crippen molar-refractivity contribution in [2.24, 2.45) is 0 Å². The molecule has 3 nitrogen and oxygen atoms in total. The topological polar surface area (TPSA) is 23.6 Å². The van der Waals surface area contributed by atoms with E-state index >= 15 is 0 Å². The number of benzene rings is 2. The zero-order chi connectivity index (χ0) is 17.3. The van der Waals surface area contributed by atoms with Crippen molar-refractivity contribution in [2.75, 3.05) is 18.0 Å². The minimum atomic E-state index is -0.141. The number of hydrogen-bond acceptors (Lipinski definition) is 2. The second-order valence-corrected chi connectivity index (χ2v) is 6.99. The lowest BCUT2D eigenvalue weighted by Gasteiger charge is -2.39. The molecule has 2 aromatic carbocycles. The first kappa shape index (κ1) is 17.0. The fraction of sp³-hybridized carbons (Fsp3) is 0.350. The predicted molar refractivity (Wildman–Crippen MR) is 99.6 cm³/mol. The lowest BCUT2D eigenvalue weighted by Crippen LogP contribution is -2.55. The molecule has 0 aliphatic carbocycles. The Kier molecular flexibility index (Phi) is 4.93. The van der Waals surface area contributed by atoms with Crippen LogP contribution in [-0.4, -0.2) is 29.9 Å². The zero-order valence-corrected chi connectivity index (χ0v) is 15.2. The molecule has 0 unspecified atom stereocenters. The van der Waals surface area contributed by atoms with Crippen LogP contribution in [0.25, 0.3) is 0 Å². The number of carbonyl (C=O) groups is 1. The first-order valence-electron chi connectivity index (χ1n) is 8.33. The molecule has 0 radical (unpaired) electrons. The fourth-order valence-electron chi connectivity index (χ4n) is 3.29. The summed E-state index contributed by atoms with van der Waals surface area (Å²) in [5.41, 5.74) is 4.50. The van der Waals surface area contributed by atoms with Crippen LogP contribution in [0.1, 0.15) is 23.6 Å². The van der Waals surface area contributed by atoms with Gasteiger partial charge in [0.25, 0.3) is 0 Å². The van der Waals surface area contributed by atoms with Gasteiger partial charge in [0.05, 0.1) is 6.04 Å². The van der Waals surface area contributed by atoms with Gasteiger partial charge < -0.3 is 4.90 Å². The molecular formula is C20H23ClN2O. The van der Waals surface area contributed by atoms with Gasteiger partial charge in [-0.15, -0.1) is 0 Å². The monoisotopic (exact) mass is 342 g/mol. The summed E-state index contributed by atoms with van der Waals surface area (Å²) in [6.45, 7) is 8.45. The Morgan fingerprint density at radius 3 is 2.67 bits per heavy atom. The lowest BCUT2D eigenvalue weighted by molar-refractivity contribution is -0.125. The largest absolute Gasteiger partial charge is 0.309 e. The lowest BCUT2D eigenvalue weighted by atomic mass is 10.1. The molecule has 1 amide bonds. The highest BCUT2D eigenvalue weighted by Gasteiger charge is 2.32. The number of halogens is 1. The molecule has 1 fully saturated rings. The van der Waals surface area contributed by atoms with Crippen LogP contribution >= 0.6 is 11.6 Å². The molecule has 24 heavy (non-hydrogen) atoms. The van der Waals surface area contributed by atoms with Gasteiger partial charge in [-0.25, -0.2) is 0 Å². The highest BCUT2D eigenvalue weighted by molar-refractivity contribution is 6.31. The molecule has 0 bridgehead atoms. The first-order chi connectivity index (χ1) is 11.5. The van der Waals surface area contributed by atoms with Crippen LogP contribution < -0.4 is 4.90 Å². The van der Waals surface area contributed by atoms with Gasteiger partial charge in [-0.05, 0) is 44.0 Å².